The molecule has 0 saturated carbocycles. The van der Waals surface area contributed by atoms with Crippen LogP contribution >= 0.6 is 0 Å². The summed E-state index contributed by atoms with van der Waals surface area (Å²) in [6.07, 6.45) is -0.639. The molecule has 1 rings (SSSR count). The molecule has 3 heteroatoms. The fraction of sp³-hybridized carbons (Fsp3) is 1.00. The van der Waals surface area contributed by atoms with Crippen LogP contribution in [-0.2, 0) is 4.74 Å². The quantitative estimate of drug-likeness (QED) is 0.468. The maximum absolute atomic E-state index is 9.06. The Morgan fingerprint density at radius 2 is 2.11 bits per heavy atom. The van der Waals surface area contributed by atoms with Gasteiger partial charge < -0.3 is 14.9 Å². The number of aliphatic hydroxyl groups is 2. The van der Waals surface area contributed by atoms with Crippen LogP contribution in [0.2, 0.25) is 0 Å². The molecule has 1 heterocycles. The lowest BCUT2D eigenvalue weighted by atomic mass is 10.1. The second-order valence-corrected chi connectivity index (χ2v) is 2.50. The van der Waals surface area contributed by atoms with E-state index in [9.17, 15) is 0 Å². The van der Waals surface area contributed by atoms with Gasteiger partial charge in [0.1, 0.15) is 0 Å². The van der Waals surface area contributed by atoms with Crippen molar-refractivity contribution in [1.29, 1.82) is 0 Å². The van der Waals surface area contributed by atoms with Gasteiger partial charge in [0.25, 0.3) is 0 Å². The first kappa shape index (κ1) is 6.99. The maximum atomic E-state index is 9.06. The van der Waals surface area contributed by atoms with E-state index in [1.54, 1.807) is 6.92 Å². The average Bonchev–Trinajstić information content (AvgIpc) is 1.80. The van der Waals surface area contributed by atoms with Crippen molar-refractivity contribution < 1.29 is 14.9 Å². The third-order valence-electron chi connectivity index (χ3n) is 1.61. The molecule has 3 nitrogen and oxygen atoms in total. The third kappa shape index (κ3) is 1.64. The zero-order chi connectivity index (χ0) is 6.85. The van der Waals surface area contributed by atoms with E-state index in [1.165, 1.54) is 0 Å². The summed E-state index contributed by atoms with van der Waals surface area (Å²) in [6, 6.07) is 0. The Balaban J connectivity index is 2.35. The van der Waals surface area contributed by atoms with Crippen LogP contribution < -0.4 is 0 Å². The molecule has 0 spiro atoms. The van der Waals surface area contributed by atoms with Crippen molar-refractivity contribution in [2.75, 3.05) is 6.61 Å². The molecule has 54 valence electrons. The Morgan fingerprint density at radius 3 is 2.56 bits per heavy atom. The lowest BCUT2D eigenvalue weighted by Gasteiger charge is -2.28. The molecular weight excluding hydrogens is 120 g/mol. The molecule has 3 atom stereocenters. The third-order valence-corrected chi connectivity index (χ3v) is 1.61. The van der Waals surface area contributed by atoms with E-state index in [-0.39, 0.29) is 6.10 Å². The van der Waals surface area contributed by atoms with Crippen LogP contribution in [0, 0.1) is 0 Å². The molecule has 2 N–H and O–H groups in total. The van der Waals surface area contributed by atoms with Gasteiger partial charge >= 0.3 is 0 Å². The minimum atomic E-state index is -0.492. The average molecular weight is 132 g/mol. The largest absolute Gasteiger partial charge is 0.391 e. The van der Waals surface area contributed by atoms with Crippen LogP contribution in [0.25, 0.3) is 0 Å². The maximum Gasteiger partial charge on any atom is 0.0824 e. The first-order valence-electron chi connectivity index (χ1n) is 3.18. The molecular formula is C6H12O3. The summed E-state index contributed by atoms with van der Waals surface area (Å²) in [5, 5.41) is 18.0. The Morgan fingerprint density at radius 1 is 1.44 bits per heavy atom. The minimum Gasteiger partial charge on any atom is -0.391 e. The molecule has 1 aliphatic rings. The summed E-state index contributed by atoms with van der Waals surface area (Å²) in [7, 11) is 0. The summed E-state index contributed by atoms with van der Waals surface area (Å²) < 4.78 is 5.00. The zero-order valence-electron chi connectivity index (χ0n) is 5.45. The number of hydrogen-bond donors (Lipinski definition) is 2. The van der Waals surface area contributed by atoms with Crippen LogP contribution in [0.3, 0.4) is 0 Å². The van der Waals surface area contributed by atoms with Gasteiger partial charge in [-0.05, 0) is 6.92 Å². The lowest BCUT2D eigenvalue weighted by molar-refractivity contribution is -0.115. The normalized spacial score (nSPS) is 45.0. The zero-order valence-corrected chi connectivity index (χ0v) is 5.45. The number of aliphatic hydroxyl groups excluding tert-OH is 2. The molecule has 1 aliphatic heterocycles. The SMILES string of the molecule is CC1OC[C@@H](O)CC1O. The Kier molecular flexibility index (Phi) is 2.05. The highest BCUT2D eigenvalue weighted by molar-refractivity contribution is 4.74. The van der Waals surface area contributed by atoms with Gasteiger partial charge in [-0.3, -0.25) is 0 Å². The lowest BCUT2D eigenvalue weighted by Crippen LogP contribution is -2.39. The smallest absolute Gasteiger partial charge is 0.0824 e. The van der Waals surface area contributed by atoms with E-state index in [1.807, 2.05) is 0 Å². The van der Waals surface area contributed by atoms with Crippen LogP contribution in [0.15, 0.2) is 0 Å². The molecule has 0 aromatic carbocycles. The van der Waals surface area contributed by atoms with Crippen molar-refractivity contribution in [2.24, 2.45) is 0 Å². The second-order valence-electron chi connectivity index (χ2n) is 2.50. The standard InChI is InChI=1S/C6H12O3/c1-4-6(8)2-5(7)3-9-4/h4-8H,2-3H2,1H3/t4?,5-,6?/m0/s1. The van der Waals surface area contributed by atoms with Crippen molar-refractivity contribution in [2.45, 2.75) is 31.7 Å². The molecule has 1 saturated heterocycles. The monoisotopic (exact) mass is 132 g/mol. The van der Waals surface area contributed by atoms with Crippen molar-refractivity contribution >= 4 is 0 Å². The van der Waals surface area contributed by atoms with Gasteiger partial charge in [-0.25, -0.2) is 0 Å². The van der Waals surface area contributed by atoms with E-state index in [0.29, 0.717) is 13.0 Å². The van der Waals surface area contributed by atoms with Crippen molar-refractivity contribution in [3.05, 3.63) is 0 Å². The molecule has 2 unspecified atom stereocenters. The molecule has 0 aromatic heterocycles. The first-order chi connectivity index (χ1) is 4.20. The summed E-state index contributed by atoms with van der Waals surface area (Å²) >= 11 is 0. The number of hydrogen-bond acceptors (Lipinski definition) is 3. The number of ether oxygens (including phenoxy) is 1. The predicted octanol–water partition coefficient (Wildman–Crippen LogP) is -0.483. The van der Waals surface area contributed by atoms with Crippen molar-refractivity contribution in [3.8, 4) is 0 Å². The molecule has 0 radical (unpaired) electrons. The van der Waals surface area contributed by atoms with Gasteiger partial charge in [-0.1, -0.05) is 0 Å². The summed E-state index contributed by atoms with van der Waals surface area (Å²) in [5.41, 5.74) is 0. The number of rotatable bonds is 0. The second kappa shape index (κ2) is 2.64. The van der Waals surface area contributed by atoms with E-state index in [4.69, 9.17) is 14.9 Å². The van der Waals surface area contributed by atoms with Crippen LogP contribution in [0.4, 0.5) is 0 Å². The summed E-state index contributed by atoms with van der Waals surface area (Å²) in [5.74, 6) is 0. The highest BCUT2D eigenvalue weighted by Crippen LogP contribution is 2.12. The predicted molar refractivity (Wildman–Crippen MR) is 32.0 cm³/mol. The van der Waals surface area contributed by atoms with Gasteiger partial charge in [0.05, 0.1) is 24.9 Å². The Labute approximate surface area is 54.3 Å². The molecule has 0 aliphatic carbocycles. The van der Waals surface area contributed by atoms with Gasteiger partial charge in [0, 0.05) is 6.42 Å². The fourth-order valence-electron chi connectivity index (χ4n) is 0.912. The molecule has 0 bridgehead atoms. The molecule has 9 heavy (non-hydrogen) atoms. The van der Waals surface area contributed by atoms with E-state index in [2.05, 4.69) is 0 Å². The van der Waals surface area contributed by atoms with Crippen LogP contribution in [0.5, 0.6) is 0 Å². The molecule has 0 amide bonds. The van der Waals surface area contributed by atoms with Gasteiger partial charge in [-0.15, -0.1) is 0 Å². The minimum absolute atomic E-state index is 0.117. The Bertz CT molecular complexity index is 94.3. The van der Waals surface area contributed by atoms with Crippen LogP contribution in [0.1, 0.15) is 13.3 Å². The highest BCUT2D eigenvalue weighted by atomic mass is 16.5. The van der Waals surface area contributed by atoms with Gasteiger partial charge in [-0.2, -0.15) is 0 Å². The topological polar surface area (TPSA) is 49.7 Å². The molecule has 0 aromatic rings. The molecule has 1 fully saturated rings. The summed E-state index contributed by atoms with van der Waals surface area (Å²) in [4.78, 5) is 0. The van der Waals surface area contributed by atoms with E-state index >= 15 is 0 Å². The van der Waals surface area contributed by atoms with Gasteiger partial charge in [0.2, 0.25) is 0 Å². The Hall–Kier alpha value is -0.120. The van der Waals surface area contributed by atoms with Crippen molar-refractivity contribution in [1.82, 2.24) is 0 Å². The van der Waals surface area contributed by atoms with E-state index in [0.717, 1.165) is 0 Å². The fourth-order valence-corrected chi connectivity index (χ4v) is 0.912. The van der Waals surface area contributed by atoms with E-state index < -0.39 is 12.2 Å². The summed E-state index contributed by atoms with van der Waals surface area (Å²) in [6.45, 7) is 2.16. The van der Waals surface area contributed by atoms with Gasteiger partial charge in [0.15, 0.2) is 0 Å². The van der Waals surface area contributed by atoms with Crippen molar-refractivity contribution in [3.63, 3.8) is 0 Å². The van der Waals surface area contributed by atoms with Crippen LogP contribution in [-0.4, -0.2) is 35.1 Å². The highest BCUT2D eigenvalue weighted by Gasteiger charge is 2.24. The first-order valence-corrected chi connectivity index (χ1v) is 3.18.